The fraction of sp³-hybridized carbons (Fsp3) is 0.545. The van der Waals surface area contributed by atoms with Gasteiger partial charge in [-0.25, -0.2) is 4.39 Å². The van der Waals surface area contributed by atoms with E-state index < -0.39 is 0 Å². The van der Waals surface area contributed by atoms with E-state index in [1.807, 2.05) is 0 Å². The summed E-state index contributed by atoms with van der Waals surface area (Å²) in [5.41, 5.74) is 0.661. The van der Waals surface area contributed by atoms with Gasteiger partial charge >= 0.3 is 0 Å². The van der Waals surface area contributed by atoms with Crippen molar-refractivity contribution in [2.75, 3.05) is 13.1 Å². The third-order valence-electron chi connectivity index (χ3n) is 2.20. The van der Waals surface area contributed by atoms with Gasteiger partial charge in [0.1, 0.15) is 5.82 Å². The van der Waals surface area contributed by atoms with E-state index in [-0.39, 0.29) is 5.82 Å². The summed E-state index contributed by atoms with van der Waals surface area (Å²) in [4.78, 5) is 3.71. The molecule has 0 saturated heterocycles. The first-order valence-corrected chi connectivity index (χ1v) is 5.26. The van der Waals surface area contributed by atoms with E-state index in [2.05, 4.69) is 29.5 Å². The largest absolute Gasteiger partial charge is 0.315 e. The number of nitrogens with one attached hydrogen (secondary N) is 2. The van der Waals surface area contributed by atoms with Crippen molar-refractivity contribution in [3.05, 3.63) is 29.8 Å². The van der Waals surface area contributed by atoms with Gasteiger partial charge in [-0.3, -0.25) is 4.98 Å². The van der Waals surface area contributed by atoms with Crippen LogP contribution < -0.4 is 10.6 Å². The summed E-state index contributed by atoms with van der Waals surface area (Å²) in [5, 5.41) is 6.47. The van der Waals surface area contributed by atoms with Crippen molar-refractivity contribution in [3.63, 3.8) is 0 Å². The number of pyridine rings is 1. The van der Waals surface area contributed by atoms with Gasteiger partial charge in [0.25, 0.3) is 0 Å². The summed E-state index contributed by atoms with van der Waals surface area (Å²) < 4.78 is 13.2. The number of aromatic nitrogens is 1. The van der Waals surface area contributed by atoms with Crippen molar-refractivity contribution in [2.45, 2.75) is 26.4 Å². The van der Waals surface area contributed by atoms with Crippen LogP contribution in [0.4, 0.5) is 4.39 Å². The summed E-state index contributed by atoms with van der Waals surface area (Å²) >= 11 is 0. The van der Waals surface area contributed by atoms with Crippen LogP contribution in [0.2, 0.25) is 0 Å². The molecule has 1 heterocycles. The van der Waals surface area contributed by atoms with Gasteiger partial charge in [-0.05, 0) is 19.5 Å². The molecule has 0 aliphatic heterocycles. The molecule has 0 aliphatic carbocycles. The van der Waals surface area contributed by atoms with Crippen LogP contribution in [0.25, 0.3) is 0 Å². The lowest BCUT2D eigenvalue weighted by molar-refractivity contribution is 0.497. The van der Waals surface area contributed by atoms with E-state index in [1.54, 1.807) is 12.3 Å². The molecule has 0 saturated carbocycles. The molecule has 1 atom stereocenters. The molecular formula is C11H18FN3. The van der Waals surface area contributed by atoms with Crippen LogP contribution in [-0.4, -0.2) is 24.1 Å². The molecule has 0 radical (unpaired) electrons. The predicted molar refractivity (Wildman–Crippen MR) is 59.0 cm³/mol. The van der Waals surface area contributed by atoms with Crippen molar-refractivity contribution >= 4 is 0 Å². The van der Waals surface area contributed by atoms with Crippen LogP contribution in [0, 0.1) is 5.82 Å². The monoisotopic (exact) mass is 211 g/mol. The molecule has 0 fully saturated rings. The Bertz CT molecular complexity index is 291. The number of halogens is 1. The Morgan fingerprint density at radius 3 is 3.00 bits per heavy atom. The van der Waals surface area contributed by atoms with Crippen LogP contribution in [0.1, 0.15) is 19.4 Å². The number of rotatable bonds is 6. The minimum atomic E-state index is -0.249. The van der Waals surface area contributed by atoms with Crippen molar-refractivity contribution in [1.29, 1.82) is 0 Å². The fourth-order valence-electron chi connectivity index (χ4n) is 1.26. The Hall–Kier alpha value is -1.00. The first-order valence-electron chi connectivity index (χ1n) is 5.26. The maximum Gasteiger partial charge on any atom is 0.145 e. The van der Waals surface area contributed by atoms with Gasteiger partial charge in [0.05, 0.1) is 6.20 Å². The standard InChI is InChI=1S/C11H18FN3/c1-3-13-6-9(2)15-7-10-4-5-14-8-11(10)12/h4-5,8-9,13,15H,3,6-7H2,1-2H3. The molecular weight excluding hydrogens is 193 g/mol. The minimum absolute atomic E-state index is 0.249. The van der Waals surface area contributed by atoms with E-state index in [9.17, 15) is 4.39 Å². The highest BCUT2D eigenvalue weighted by molar-refractivity contribution is 5.12. The number of nitrogens with zero attached hydrogens (tertiary/aromatic N) is 1. The molecule has 0 aliphatic rings. The van der Waals surface area contributed by atoms with Crippen LogP contribution in [-0.2, 0) is 6.54 Å². The van der Waals surface area contributed by atoms with Gasteiger partial charge < -0.3 is 10.6 Å². The van der Waals surface area contributed by atoms with Gasteiger partial charge in [0, 0.05) is 30.9 Å². The van der Waals surface area contributed by atoms with Gasteiger partial charge in [-0.2, -0.15) is 0 Å². The highest BCUT2D eigenvalue weighted by Gasteiger charge is 2.03. The molecule has 1 aromatic heterocycles. The second-order valence-electron chi connectivity index (χ2n) is 3.56. The molecule has 0 aromatic carbocycles. The molecule has 0 bridgehead atoms. The summed E-state index contributed by atoms with van der Waals surface area (Å²) in [6, 6.07) is 2.03. The molecule has 15 heavy (non-hydrogen) atoms. The molecule has 84 valence electrons. The summed E-state index contributed by atoms with van der Waals surface area (Å²) in [6.07, 6.45) is 2.85. The van der Waals surface area contributed by atoms with E-state index in [0.717, 1.165) is 13.1 Å². The summed E-state index contributed by atoms with van der Waals surface area (Å²) in [5.74, 6) is -0.249. The highest BCUT2D eigenvalue weighted by Crippen LogP contribution is 2.03. The SMILES string of the molecule is CCNCC(C)NCc1ccncc1F. The summed E-state index contributed by atoms with van der Waals surface area (Å²) in [7, 11) is 0. The number of likely N-dealkylation sites (N-methyl/N-ethyl adjacent to an activating group) is 1. The molecule has 0 amide bonds. The van der Waals surface area contributed by atoms with Crippen molar-refractivity contribution in [2.24, 2.45) is 0 Å². The second-order valence-corrected chi connectivity index (χ2v) is 3.56. The average Bonchev–Trinajstić information content (AvgIpc) is 2.25. The molecule has 1 aromatic rings. The van der Waals surface area contributed by atoms with Crippen LogP contribution in [0.15, 0.2) is 18.5 Å². The first kappa shape index (κ1) is 12.1. The lowest BCUT2D eigenvalue weighted by Gasteiger charge is -2.14. The zero-order valence-electron chi connectivity index (χ0n) is 9.26. The van der Waals surface area contributed by atoms with Crippen LogP contribution in [0.5, 0.6) is 0 Å². The van der Waals surface area contributed by atoms with Crippen LogP contribution >= 0.6 is 0 Å². The van der Waals surface area contributed by atoms with Gasteiger partial charge in [-0.15, -0.1) is 0 Å². The molecule has 2 N–H and O–H groups in total. The molecule has 3 nitrogen and oxygen atoms in total. The maximum atomic E-state index is 13.2. The van der Waals surface area contributed by atoms with Crippen molar-refractivity contribution < 1.29 is 4.39 Å². The second kappa shape index (κ2) is 6.48. The molecule has 1 rings (SSSR count). The Kier molecular flexibility index (Phi) is 5.21. The Labute approximate surface area is 90.1 Å². The average molecular weight is 211 g/mol. The third-order valence-corrected chi connectivity index (χ3v) is 2.20. The van der Waals surface area contributed by atoms with Crippen molar-refractivity contribution in [1.82, 2.24) is 15.6 Å². The zero-order valence-corrected chi connectivity index (χ0v) is 9.26. The first-order chi connectivity index (χ1) is 7.24. The number of hydrogen-bond acceptors (Lipinski definition) is 3. The highest BCUT2D eigenvalue weighted by atomic mass is 19.1. The minimum Gasteiger partial charge on any atom is -0.315 e. The summed E-state index contributed by atoms with van der Waals surface area (Å²) in [6.45, 7) is 6.52. The topological polar surface area (TPSA) is 37.0 Å². The van der Waals surface area contributed by atoms with E-state index in [4.69, 9.17) is 0 Å². The zero-order chi connectivity index (χ0) is 11.1. The lowest BCUT2D eigenvalue weighted by Crippen LogP contribution is -2.35. The van der Waals surface area contributed by atoms with E-state index >= 15 is 0 Å². The fourth-order valence-corrected chi connectivity index (χ4v) is 1.26. The Balaban J connectivity index is 2.33. The molecule has 0 spiro atoms. The lowest BCUT2D eigenvalue weighted by atomic mass is 10.2. The predicted octanol–water partition coefficient (Wildman–Crippen LogP) is 1.31. The van der Waals surface area contributed by atoms with E-state index in [1.165, 1.54) is 6.20 Å². The van der Waals surface area contributed by atoms with Gasteiger partial charge in [0.15, 0.2) is 0 Å². The quantitative estimate of drug-likeness (QED) is 0.745. The van der Waals surface area contributed by atoms with Gasteiger partial charge in [-0.1, -0.05) is 6.92 Å². The smallest absolute Gasteiger partial charge is 0.145 e. The molecule has 4 heteroatoms. The maximum absolute atomic E-state index is 13.2. The third kappa shape index (κ3) is 4.36. The normalized spacial score (nSPS) is 12.7. The van der Waals surface area contributed by atoms with Gasteiger partial charge in [0.2, 0.25) is 0 Å². The Morgan fingerprint density at radius 2 is 2.33 bits per heavy atom. The number of hydrogen-bond donors (Lipinski definition) is 2. The molecule has 1 unspecified atom stereocenters. The van der Waals surface area contributed by atoms with E-state index in [0.29, 0.717) is 18.2 Å². The van der Waals surface area contributed by atoms with Crippen molar-refractivity contribution in [3.8, 4) is 0 Å². The van der Waals surface area contributed by atoms with Crippen LogP contribution in [0.3, 0.4) is 0 Å². The Morgan fingerprint density at radius 1 is 1.53 bits per heavy atom.